The lowest BCUT2D eigenvalue weighted by atomic mass is 9.92. The quantitative estimate of drug-likeness (QED) is 0.671. The van der Waals surface area contributed by atoms with E-state index in [2.05, 4.69) is 19.2 Å². The van der Waals surface area contributed by atoms with Crippen molar-refractivity contribution in [2.24, 2.45) is 5.92 Å². The largest absolute Gasteiger partial charge is 0.308 e. The maximum atomic E-state index is 11.4. The first kappa shape index (κ1) is 10.6. The summed E-state index contributed by atoms with van der Waals surface area (Å²) >= 11 is 0. The van der Waals surface area contributed by atoms with Crippen molar-refractivity contribution in [2.45, 2.75) is 39.7 Å². The molecule has 0 aromatic carbocycles. The van der Waals surface area contributed by atoms with Gasteiger partial charge in [0.15, 0.2) is 5.78 Å². The van der Waals surface area contributed by atoms with Crippen molar-refractivity contribution < 1.29 is 4.79 Å². The number of ketones is 1. The number of likely N-dealkylation sites (N-methyl/N-ethyl adjacent to an activating group) is 1. The van der Waals surface area contributed by atoms with Crippen molar-refractivity contribution in [3.05, 3.63) is 0 Å². The first-order chi connectivity index (χ1) is 4.90. The Balaban J connectivity index is 4.02. The average Bonchev–Trinajstić information content (AvgIpc) is 1.86. The minimum atomic E-state index is -0.357. The molecule has 0 heterocycles. The Kier molecular flexibility index (Phi) is 3.73. The molecule has 1 N–H and O–H groups in total. The van der Waals surface area contributed by atoms with E-state index in [1.165, 1.54) is 0 Å². The van der Waals surface area contributed by atoms with Crippen LogP contribution in [0.4, 0.5) is 0 Å². The molecule has 0 aliphatic rings. The topological polar surface area (TPSA) is 29.1 Å². The number of carbonyl (C=O) groups is 1. The van der Waals surface area contributed by atoms with Gasteiger partial charge < -0.3 is 5.32 Å². The van der Waals surface area contributed by atoms with Gasteiger partial charge in [0, 0.05) is 6.42 Å². The highest BCUT2D eigenvalue weighted by atomic mass is 16.1. The number of carbonyl (C=O) groups excluding carboxylic acids is 1. The summed E-state index contributed by atoms with van der Waals surface area (Å²) in [6.07, 6.45) is 0.661. The lowest BCUT2D eigenvalue weighted by Crippen LogP contribution is -2.44. The summed E-state index contributed by atoms with van der Waals surface area (Å²) in [6.45, 7) is 7.95. The molecule has 2 nitrogen and oxygen atoms in total. The van der Waals surface area contributed by atoms with E-state index >= 15 is 0 Å². The van der Waals surface area contributed by atoms with Crippen LogP contribution in [0.3, 0.4) is 0 Å². The van der Waals surface area contributed by atoms with Crippen LogP contribution in [-0.2, 0) is 4.79 Å². The molecule has 0 aromatic rings. The van der Waals surface area contributed by atoms with E-state index in [-0.39, 0.29) is 11.3 Å². The molecule has 0 rings (SSSR count). The molecule has 0 saturated carbocycles. The first-order valence-corrected chi connectivity index (χ1v) is 4.12. The normalized spacial score (nSPS) is 12.2. The zero-order valence-electron chi connectivity index (χ0n) is 8.19. The second kappa shape index (κ2) is 3.86. The first-order valence-electron chi connectivity index (χ1n) is 4.12. The maximum Gasteiger partial charge on any atom is 0.152 e. The van der Waals surface area contributed by atoms with E-state index in [0.717, 1.165) is 0 Å². The number of nitrogens with one attached hydrogen (secondary N) is 1. The van der Waals surface area contributed by atoms with Crippen LogP contribution in [0.1, 0.15) is 34.1 Å². The fraction of sp³-hybridized carbons (Fsp3) is 0.889. The van der Waals surface area contributed by atoms with Crippen LogP contribution >= 0.6 is 0 Å². The molecule has 0 radical (unpaired) electrons. The summed E-state index contributed by atoms with van der Waals surface area (Å²) in [7, 11) is 1.82. The van der Waals surface area contributed by atoms with Crippen LogP contribution in [-0.4, -0.2) is 18.4 Å². The van der Waals surface area contributed by atoms with Crippen molar-refractivity contribution in [1.29, 1.82) is 0 Å². The van der Waals surface area contributed by atoms with E-state index < -0.39 is 0 Å². The Labute approximate surface area is 69.4 Å². The molecular formula is C9H19NO. The third-order valence-electron chi connectivity index (χ3n) is 1.92. The van der Waals surface area contributed by atoms with Gasteiger partial charge in [0.2, 0.25) is 0 Å². The van der Waals surface area contributed by atoms with Gasteiger partial charge in [-0.25, -0.2) is 0 Å². The Bertz CT molecular complexity index is 138. The van der Waals surface area contributed by atoms with Crippen LogP contribution in [0.5, 0.6) is 0 Å². The van der Waals surface area contributed by atoms with Crippen LogP contribution in [0.25, 0.3) is 0 Å². The third-order valence-corrected chi connectivity index (χ3v) is 1.92. The van der Waals surface area contributed by atoms with Gasteiger partial charge in [-0.15, -0.1) is 0 Å². The molecule has 0 fully saturated rings. The van der Waals surface area contributed by atoms with Crippen molar-refractivity contribution in [3.8, 4) is 0 Å². The minimum absolute atomic E-state index is 0.287. The van der Waals surface area contributed by atoms with Crippen LogP contribution in [0, 0.1) is 5.92 Å². The molecule has 0 amide bonds. The van der Waals surface area contributed by atoms with E-state index in [0.29, 0.717) is 12.3 Å². The Morgan fingerprint density at radius 3 is 2.18 bits per heavy atom. The Hall–Kier alpha value is -0.370. The lowest BCUT2D eigenvalue weighted by Gasteiger charge is -2.23. The SMILES string of the molecule is CNC(C)(C)C(=O)CC(C)C. The van der Waals surface area contributed by atoms with Crippen molar-refractivity contribution in [2.75, 3.05) is 7.05 Å². The third kappa shape index (κ3) is 3.51. The molecular weight excluding hydrogens is 138 g/mol. The van der Waals surface area contributed by atoms with E-state index in [4.69, 9.17) is 0 Å². The Morgan fingerprint density at radius 1 is 1.45 bits per heavy atom. The van der Waals surface area contributed by atoms with Crippen LogP contribution in [0.2, 0.25) is 0 Å². The standard InChI is InChI=1S/C9H19NO/c1-7(2)6-8(11)9(3,4)10-5/h7,10H,6H2,1-5H3. The van der Waals surface area contributed by atoms with Gasteiger partial charge in [0.1, 0.15) is 0 Å². The molecule has 0 aliphatic carbocycles. The molecule has 2 heteroatoms. The van der Waals surface area contributed by atoms with Gasteiger partial charge >= 0.3 is 0 Å². The van der Waals surface area contributed by atoms with E-state index in [9.17, 15) is 4.79 Å². The number of rotatable bonds is 4. The predicted octanol–water partition coefficient (Wildman–Crippen LogP) is 1.60. The van der Waals surface area contributed by atoms with Gasteiger partial charge in [-0.2, -0.15) is 0 Å². The van der Waals surface area contributed by atoms with E-state index in [1.807, 2.05) is 20.9 Å². The van der Waals surface area contributed by atoms with Crippen molar-refractivity contribution >= 4 is 5.78 Å². The monoisotopic (exact) mass is 157 g/mol. The molecule has 66 valence electrons. The second-order valence-corrected chi connectivity index (χ2v) is 3.90. The highest BCUT2D eigenvalue weighted by molar-refractivity contribution is 5.87. The molecule has 0 atom stereocenters. The van der Waals surface area contributed by atoms with Crippen molar-refractivity contribution in [1.82, 2.24) is 5.32 Å². The molecule has 0 aromatic heterocycles. The molecule has 0 aliphatic heterocycles. The van der Waals surface area contributed by atoms with Crippen molar-refractivity contribution in [3.63, 3.8) is 0 Å². The summed E-state index contributed by atoms with van der Waals surface area (Å²) in [5.41, 5.74) is -0.357. The molecule has 11 heavy (non-hydrogen) atoms. The van der Waals surface area contributed by atoms with Gasteiger partial charge in [-0.05, 0) is 26.8 Å². The van der Waals surface area contributed by atoms with E-state index in [1.54, 1.807) is 0 Å². The maximum absolute atomic E-state index is 11.4. The summed E-state index contributed by atoms with van der Waals surface area (Å²) in [6, 6.07) is 0. The zero-order chi connectivity index (χ0) is 9.07. The molecule has 0 bridgehead atoms. The zero-order valence-corrected chi connectivity index (χ0v) is 8.19. The van der Waals surface area contributed by atoms with Crippen LogP contribution < -0.4 is 5.32 Å². The van der Waals surface area contributed by atoms with Crippen LogP contribution in [0.15, 0.2) is 0 Å². The second-order valence-electron chi connectivity index (χ2n) is 3.90. The highest BCUT2D eigenvalue weighted by Crippen LogP contribution is 2.10. The highest BCUT2D eigenvalue weighted by Gasteiger charge is 2.24. The lowest BCUT2D eigenvalue weighted by molar-refractivity contribution is -0.124. The number of Topliss-reactive ketones (excluding diaryl/α,β-unsaturated/α-hetero) is 1. The van der Waals surface area contributed by atoms with Gasteiger partial charge in [0.25, 0.3) is 0 Å². The molecule has 0 spiro atoms. The number of hydrogen-bond donors (Lipinski definition) is 1. The minimum Gasteiger partial charge on any atom is -0.308 e. The fourth-order valence-electron chi connectivity index (χ4n) is 0.765. The number of hydrogen-bond acceptors (Lipinski definition) is 2. The molecule has 0 saturated heterocycles. The summed E-state index contributed by atoms with van der Waals surface area (Å²) in [5.74, 6) is 0.741. The summed E-state index contributed by atoms with van der Waals surface area (Å²) in [5, 5.41) is 3.00. The molecule has 0 unspecified atom stereocenters. The smallest absolute Gasteiger partial charge is 0.152 e. The predicted molar refractivity (Wildman–Crippen MR) is 47.6 cm³/mol. The van der Waals surface area contributed by atoms with Gasteiger partial charge in [-0.1, -0.05) is 13.8 Å². The summed E-state index contributed by atoms with van der Waals surface area (Å²) < 4.78 is 0. The average molecular weight is 157 g/mol. The van der Waals surface area contributed by atoms with Gasteiger partial charge in [-0.3, -0.25) is 4.79 Å². The van der Waals surface area contributed by atoms with Gasteiger partial charge in [0.05, 0.1) is 5.54 Å². The fourth-order valence-corrected chi connectivity index (χ4v) is 0.765. The Morgan fingerprint density at radius 2 is 1.91 bits per heavy atom. The summed E-state index contributed by atoms with van der Waals surface area (Å²) in [4.78, 5) is 11.4.